The highest BCUT2D eigenvalue weighted by Crippen LogP contribution is 2.30. The van der Waals surface area contributed by atoms with E-state index in [2.05, 4.69) is 15.1 Å². The van der Waals surface area contributed by atoms with Gasteiger partial charge in [0, 0.05) is 49.2 Å². The molecule has 2 aromatic carbocycles. The Morgan fingerprint density at radius 1 is 0.875 bits per heavy atom. The van der Waals surface area contributed by atoms with Crippen LogP contribution in [-0.2, 0) is 0 Å². The van der Waals surface area contributed by atoms with Crippen LogP contribution >= 0.6 is 0 Å². The molecule has 5 aromatic rings. The average Bonchev–Trinajstić information content (AvgIpc) is 3.55. The van der Waals surface area contributed by atoms with Crippen LogP contribution in [0.3, 0.4) is 0 Å². The van der Waals surface area contributed by atoms with Crippen LogP contribution in [0.5, 0.6) is 0 Å². The summed E-state index contributed by atoms with van der Waals surface area (Å²) in [6, 6.07) is 7.97. The van der Waals surface area contributed by atoms with E-state index in [0.29, 0.717) is 11.3 Å². The Morgan fingerprint density at radius 3 is 2.23 bits per heavy atom. The van der Waals surface area contributed by atoms with E-state index in [1.165, 1.54) is 34.0 Å². The molecule has 8 nitrogen and oxygen atoms in total. The SMILES string of the molecule is O=C(c1cc(-c2ccncc2)n(-c2cc(F)c(F)c(F)c2)n1)N1CCC(n2c(=O)[nH]c3ccc(F)c(F)c32)CC1. The van der Waals surface area contributed by atoms with Crippen LogP contribution in [0, 0.1) is 29.1 Å². The van der Waals surface area contributed by atoms with Gasteiger partial charge in [0.1, 0.15) is 5.52 Å². The topological polar surface area (TPSA) is 88.8 Å². The van der Waals surface area contributed by atoms with Gasteiger partial charge in [-0.15, -0.1) is 0 Å². The molecule has 1 fully saturated rings. The van der Waals surface area contributed by atoms with Crippen molar-refractivity contribution in [2.75, 3.05) is 13.1 Å². The molecule has 1 N–H and O–H groups in total. The molecule has 1 saturated heterocycles. The van der Waals surface area contributed by atoms with E-state index < -0.39 is 46.7 Å². The van der Waals surface area contributed by atoms with Gasteiger partial charge in [0.25, 0.3) is 5.91 Å². The number of amides is 1. The third kappa shape index (κ3) is 4.23. The number of nitrogens with one attached hydrogen (secondary N) is 1. The maximum atomic E-state index is 14.5. The number of likely N-dealkylation sites (tertiary alicyclic amines) is 1. The predicted octanol–water partition coefficient (Wildman–Crippen LogP) is 4.75. The molecule has 3 aromatic heterocycles. The van der Waals surface area contributed by atoms with Crippen molar-refractivity contribution in [2.24, 2.45) is 0 Å². The fourth-order valence-corrected chi connectivity index (χ4v) is 5.07. The summed E-state index contributed by atoms with van der Waals surface area (Å²) in [4.78, 5) is 34.0. The van der Waals surface area contributed by atoms with Crippen molar-refractivity contribution in [2.45, 2.75) is 18.9 Å². The first-order valence-electron chi connectivity index (χ1n) is 12.3. The monoisotopic (exact) mass is 554 g/mol. The molecule has 0 bridgehead atoms. The molecule has 0 atom stereocenters. The minimum atomic E-state index is -1.63. The van der Waals surface area contributed by atoms with Crippen molar-refractivity contribution in [1.82, 2.24) is 29.2 Å². The molecule has 0 aliphatic carbocycles. The summed E-state index contributed by atoms with van der Waals surface area (Å²) < 4.78 is 72.4. The van der Waals surface area contributed by atoms with Crippen LogP contribution in [0.15, 0.2) is 59.7 Å². The summed E-state index contributed by atoms with van der Waals surface area (Å²) in [6.07, 6.45) is 3.54. The average molecular weight is 554 g/mol. The number of fused-ring (bicyclic) bond motifs is 1. The quantitative estimate of drug-likeness (QED) is 0.257. The Labute approximate surface area is 222 Å². The van der Waals surface area contributed by atoms with Gasteiger partial charge in [-0.1, -0.05) is 0 Å². The number of imidazole rings is 1. The summed E-state index contributed by atoms with van der Waals surface area (Å²) in [6.45, 7) is 0.355. The molecule has 1 aliphatic heterocycles. The maximum absolute atomic E-state index is 14.5. The fourth-order valence-electron chi connectivity index (χ4n) is 5.07. The van der Waals surface area contributed by atoms with E-state index in [9.17, 15) is 31.5 Å². The molecule has 0 spiro atoms. The molecule has 204 valence electrons. The normalized spacial score (nSPS) is 14.3. The van der Waals surface area contributed by atoms with E-state index >= 15 is 0 Å². The van der Waals surface area contributed by atoms with Gasteiger partial charge in [-0.3, -0.25) is 14.3 Å². The van der Waals surface area contributed by atoms with Crippen molar-refractivity contribution >= 4 is 16.9 Å². The molecule has 6 rings (SSSR count). The minimum Gasteiger partial charge on any atom is -0.337 e. The first-order chi connectivity index (χ1) is 19.2. The number of benzene rings is 2. The third-order valence-corrected chi connectivity index (χ3v) is 7.00. The number of H-pyrrole nitrogens is 1. The predicted molar refractivity (Wildman–Crippen MR) is 133 cm³/mol. The number of hydrogen-bond donors (Lipinski definition) is 1. The first-order valence-corrected chi connectivity index (χ1v) is 12.3. The fraction of sp³-hybridized carbons (Fsp3) is 0.185. The summed E-state index contributed by atoms with van der Waals surface area (Å²) in [5.41, 5.74) is 0.122. The van der Waals surface area contributed by atoms with Crippen molar-refractivity contribution in [3.63, 3.8) is 0 Å². The second-order valence-electron chi connectivity index (χ2n) is 9.37. The maximum Gasteiger partial charge on any atom is 0.326 e. The molecular weight excluding hydrogens is 535 g/mol. The molecule has 13 heteroatoms. The summed E-state index contributed by atoms with van der Waals surface area (Å²) in [5.74, 6) is -7.14. The van der Waals surface area contributed by atoms with Gasteiger partial charge in [0.2, 0.25) is 0 Å². The number of rotatable bonds is 4. The van der Waals surface area contributed by atoms with Crippen molar-refractivity contribution in [3.8, 4) is 16.9 Å². The van der Waals surface area contributed by atoms with E-state index in [0.717, 1.165) is 22.9 Å². The minimum absolute atomic E-state index is 0.0345. The molecule has 0 unspecified atom stereocenters. The zero-order valence-electron chi connectivity index (χ0n) is 20.5. The highest BCUT2D eigenvalue weighted by atomic mass is 19.2. The summed E-state index contributed by atoms with van der Waals surface area (Å²) >= 11 is 0. The van der Waals surface area contributed by atoms with Crippen molar-refractivity contribution < 1.29 is 26.7 Å². The number of pyridine rings is 1. The number of piperidine rings is 1. The van der Waals surface area contributed by atoms with Crippen LogP contribution in [0.1, 0.15) is 29.4 Å². The van der Waals surface area contributed by atoms with E-state index in [4.69, 9.17) is 0 Å². The van der Waals surface area contributed by atoms with Crippen LogP contribution < -0.4 is 5.69 Å². The van der Waals surface area contributed by atoms with Crippen molar-refractivity contribution in [3.05, 3.63) is 100 Å². The number of carbonyl (C=O) groups is 1. The largest absolute Gasteiger partial charge is 0.337 e. The number of halogens is 5. The second-order valence-corrected chi connectivity index (χ2v) is 9.37. The Balaban J connectivity index is 1.30. The lowest BCUT2D eigenvalue weighted by molar-refractivity contribution is 0.0688. The highest BCUT2D eigenvalue weighted by Gasteiger charge is 2.30. The smallest absolute Gasteiger partial charge is 0.326 e. The summed E-state index contributed by atoms with van der Waals surface area (Å²) in [5, 5.41) is 4.29. The summed E-state index contributed by atoms with van der Waals surface area (Å²) in [7, 11) is 0. The molecule has 1 aliphatic rings. The van der Waals surface area contributed by atoms with Crippen LogP contribution in [0.25, 0.3) is 28.0 Å². The van der Waals surface area contributed by atoms with Gasteiger partial charge in [-0.25, -0.2) is 31.4 Å². The number of aromatic nitrogens is 5. The molecule has 40 heavy (non-hydrogen) atoms. The number of nitrogens with zero attached hydrogens (tertiary/aromatic N) is 5. The number of aromatic amines is 1. The standard InChI is InChI=1S/C27H19F5N6O2/c28-17-1-2-20-25(24(17)32)37(27(40)34-20)15-5-9-36(10-6-15)26(39)21-13-22(14-3-7-33-8-4-14)38(35-21)16-11-18(29)23(31)19(30)12-16/h1-4,7-8,11-13,15H,5-6,9-10H2,(H,34,40). The molecular formula is C27H19F5N6O2. The van der Waals surface area contributed by atoms with E-state index in [1.807, 2.05) is 0 Å². The highest BCUT2D eigenvalue weighted by molar-refractivity contribution is 5.93. The van der Waals surface area contributed by atoms with Gasteiger partial charge in [-0.2, -0.15) is 5.10 Å². The van der Waals surface area contributed by atoms with Crippen LogP contribution in [0.2, 0.25) is 0 Å². The third-order valence-electron chi connectivity index (χ3n) is 7.00. The van der Waals surface area contributed by atoms with Crippen LogP contribution in [0.4, 0.5) is 22.0 Å². The molecule has 4 heterocycles. The van der Waals surface area contributed by atoms with Gasteiger partial charge in [0.15, 0.2) is 34.8 Å². The lowest BCUT2D eigenvalue weighted by Crippen LogP contribution is -2.40. The van der Waals surface area contributed by atoms with Crippen molar-refractivity contribution in [1.29, 1.82) is 0 Å². The number of hydrogen-bond acceptors (Lipinski definition) is 4. The molecule has 1 amide bonds. The van der Waals surface area contributed by atoms with Crippen LogP contribution in [-0.4, -0.2) is 48.2 Å². The molecule has 0 radical (unpaired) electrons. The second kappa shape index (κ2) is 9.74. The van der Waals surface area contributed by atoms with E-state index in [1.54, 1.807) is 12.1 Å². The van der Waals surface area contributed by atoms with Gasteiger partial charge >= 0.3 is 5.69 Å². The Bertz CT molecular complexity index is 1800. The zero-order valence-corrected chi connectivity index (χ0v) is 20.5. The van der Waals surface area contributed by atoms with E-state index in [-0.39, 0.29) is 48.3 Å². The first kappa shape index (κ1) is 25.5. The Morgan fingerprint density at radius 2 is 1.55 bits per heavy atom. The lowest BCUT2D eigenvalue weighted by atomic mass is 10.0. The Hall–Kier alpha value is -4.81. The van der Waals surface area contributed by atoms with Gasteiger partial charge < -0.3 is 9.88 Å². The Kier molecular flexibility index (Phi) is 6.20. The van der Waals surface area contributed by atoms with Gasteiger partial charge in [0.05, 0.1) is 16.9 Å². The lowest BCUT2D eigenvalue weighted by Gasteiger charge is -2.32. The molecule has 0 saturated carbocycles. The van der Waals surface area contributed by atoms with Gasteiger partial charge in [-0.05, 0) is 43.2 Å². The zero-order chi connectivity index (χ0) is 28.1. The number of carbonyl (C=O) groups excluding carboxylic acids is 1.